The van der Waals surface area contributed by atoms with Crippen LogP contribution in [-0.4, -0.2) is 5.75 Å². The fourth-order valence-corrected chi connectivity index (χ4v) is 6.12. The first-order valence-electron chi connectivity index (χ1n) is 8.49. The van der Waals surface area contributed by atoms with Crippen LogP contribution in [0.25, 0.3) is 0 Å². The molecule has 0 fully saturated rings. The molecular formula is C23H26S. The van der Waals surface area contributed by atoms with Gasteiger partial charge in [0.15, 0.2) is 0 Å². The Morgan fingerprint density at radius 1 is 0.708 bits per heavy atom. The van der Waals surface area contributed by atoms with Crippen molar-refractivity contribution in [3.05, 3.63) is 95.9 Å². The summed E-state index contributed by atoms with van der Waals surface area (Å²) >= 11 is 0. The quantitative estimate of drug-likeness (QED) is 0.563. The molecule has 24 heavy (non-hydrogen) atoms. The lowest BCUT2D eigenvalue weighted by molar-refractivity contribution is 0.589. The van der Waals surface area contributed by atoms with Gasteiger partial charge in [-0.25, -0.2) is 0 Å². The Hall–Kier alpha value is -1.99. The molecule has 0 radical (unpaired) electrons. The van der Waals surface area contributed by atoms with E-state index in [1.165, 1.54) is 15.4 Å². The first-order valence-corrected chi connectivity index (χ1v) is 10.4. The van der Waals surface area contributed by atoms with Gasteiger partial charge in [-0.1, -0.05) is 81.5 Å². The largest absolute Gasteiger partial charge is 0.164 e. The summed E-state index contributed by atoms with van der Waals surface area (Å²) in [5, 5.41) is 2.43. The molecule has 0 saturated heterocycles. The molecule has 0 N–H and O–H groups in total. The molecule has 0 aromatic heterocycles. The van der Waals surface area contributed by atoms with Crippen LogP contribution in [0.4, 0.5) is 0 Å². The van der Waals surface area contributed by atoms with Gasteiger partial charge < -0.3 is 0 Å². The van der Waals surface area contributed by atoms with Crippen LogP contribution in [-0.2, 0) is 5.41 Å². The van der Waals surface area contributed by atoms with Crippen LogP contribution < -0.4 is 0 Å². The second-order valence-electron chi connectivity index (χ2n) is 7.19. The predicted octanol–water partition coefficient (Wildman–Crippen LogP) is 6.85. The van der Waals surface area contributed by atoms with Crippen molar-refractivity contribution in [2.45, 2.75) is 36.0 Å². The predicted molar refractivity (Wildman–Crippen MR) is 108 cm³/mol. The number of allylic oxidation sites excluding steroid dienone is 4. The lowest BCUT2D eigenvalue weighted by atomic mass is 9.87. The summed E-state index contributed by atoms with van der Waals surface area (Å²) in [5.74, 6) is 1.05. The Bertz CT molecular complexity index is 758. The summed E-state index contributed by atoms with van der Waals surface area (Å²) in [6.07, 6.45) is 10.9. The highest BCUT2D eigenvalue weighted by Crippen LogP contribution is 2.64. The topological polar surface area (TPSA) is 0 Å². The number of hydrogen-bond donors (Lipinski definition) is 0. The summed E-state index contributed by atoms with van der Waals surface area (Å²) in [6, 6.07) is 20.2. The minimum atomic E-state index is -1.20. The Labute approximate surface area is 147 Å². The van der Waals surface area contributed by atoms with Crippen molar-refractivity contribution in [1.29, 1.82) is 0 Å². The molecule has 3 rings (SSSR count). The van der Waals surface area contributed by atoms with Gasteiger partial charge >= 0.3 is 0 Å². The van der Waals surface area contributed by atoms with Gasteiger partial charge in [0, 0.05) is 5.75 Å². The zero-order valence-electron chi connectivity index (χ0n) is 14.8. The van der Waals surface area contributed by atoms with Crippen molar-refractivity contribution >= 4 is 10.0 Å². The fourth-order valence-electron chi connectivity index (χ4n) is 3.00. The summed E-state index contributed by atoms with van der Waals surface area (Å²) in [7, 11) is -1.20. The third kappa shape index (κ3) is 3.42. The van der Waals surface area contributed by atoms with E-state index < -0.39 is 10.0 Å². The van der Waals surface area contributed by atoms with E-state index in [4.69, 9.17) is 0 Å². The molecule has 0 spiro atoms. The molecule has 2 aromatic rings. The highest BCUT2D eigenvalue weighted by molar-refractivity contribution is 8.36. The third-order valence-corrected chi connectivity index (χ3v) is 8.01. The second-order valence-corrected chi connectivity index (χ2v) is 10.3. The zero-order chi connectivity index (χ0) is 17.0. The van der Waals surface area contributed by atoms with Crippen molar-refractivity contribution in [3.8, 4) is 0 Å². The minimum absolute atomic E-state index is 0.188. The van der Waals surface area contributed by atoms with E-state index >= 15 is 0 Å². The van der Waals surface area contributed by atoms with E-state index in [1.54, 1.807) is 0 Å². The van der Waals surface area contributed by atoms with Gasteiger partial charge in [-0.15, -0.1) is 0 Å². The van der Waals surface area contributed by atoms with Crippen molar-refractivity contribution < 1.29 is 0 Å². The number of hydrogen-bond acceptors (Lipinski definition) is 0. The smallest absolute Gasteiger partial charge is 0.00705 e. The Balaban J connectivity index is 2.13. The maximum Gasteiger partial charge on any atom is 0.00705 e. The molecule has 0 amide bonds. The van der Waals surface area contributed by atoms with Crippen molar-refractivity contribution in [2.75, 3.05) is 5.75 Å². The summed E-state index contributed by atoms with van der Waals surface area (Å²) in [4.78, 5) is 2.85. The summed E-state index contributed by atoms with van der Waals surface area (Å²) in [6.45, 7) is 6.81. The average molecular weight is 335 g/mol. The second kappa shape index (κ2) is 6.86. The molecule has 1 heterocycles. The maximum absolute atomic E-state index is 2.43. The Morgan fingerprint density at radius 2 is 1.33 bits per heavy atom. The van der Waals surface area contributed by atoms with Gasteiger partial charge in [0.1, 0.15) is 0 Å². The standard InChI is InChI=1S/C23H26S/c1-23(2,3)20-14-16-22(17-15-20)24(21-12-8-7-9-13-21)18-10-5-4-6-11-19-24/h4-18H,19H2,1-3H3. The number of rotatable bonds is 2. The highest BCUT2D eigenvalue weighted by Gasteiger charge is 2.25. The van der Waals surface area contributed by atoms with Crippen LogP contribution in [0.3, 0.4) is 0 Å². The first-order chi connectivity index (χ1) is 11.5. The molecule has 1 atom stereocenters. The molecular weight excluding hydrogens is 308 g/mol. The lowest BCUT2D eigenvalue weighted by Gasteiger charge is -2.38. The lowest BCUT2D eigenvalue weighted by Crippen LogP contribution is -2.11. The number of benzene rings is 2. The monoisotopic (exact) mass is 334 g/mol. The van der Waals surface area contributed by atoms with E-state index in [0.29, 0.717) is 0 Å². The fraction of sp³-hybridized carbons (Fsp3) is 0.217. The maximum atomic E-state index is 2.43. The van der Waals surface area contributed by atoms with E-state index in [2.05, 4.69) is 111 Å². The molecule has 0 aliphatic carbocycles. The molecule has 0 bridgehead atoms. The SMILES string of the molecule is CC(C)(C)c1ccc(S2(c3ccccc3)C=CC=CC=CC2)cc1. The van der Waals surface area contributed by atoms with E-state index in [0.717, 1.165) is 5.75 Å². The molecule has 0 saturated carbocycles. The summed E-state index contributed by atoms with van der Waals surface area (Å²) < 4.78 is 0. The van der Waals surface area contributed by atoms with E-state index in [-0.39, 0.29) is 5.41 Å². The van der Waals surface area contributed by atoms with Gasteiger partial charge in [0.05, 0.1) is 0 Å². The van der Waals surface area contributed by atoms with Crippen LogP contribution in [0.2, 0.25) is 0 Å². The Kier molecular flexibility index (Phi) is 4.82. The zero-order valence-corrected chi connectivity index (χ0v) is 15.6. The van der Waals surface area contributed by atoms with Crippen LogP contribution in [0.5, 0.6) is 0 Å². The molecule has 0 nitrogen and oxygen atoms in total. The summed E-state index contributed by atoms with van der Waals surface area (Å²) in [5.41, 5.74) is 1.58. The molecule has 2 aromatic carbocycles. The minimum Gasteiger partial charge on any atom is -0.164 e. The highest BCUT2D eigenvalue weighted by atomic mass is 32.3. The van der Waals surface area contributed by atoms with E-state index in [9.17, 15) is 0 Å². The molecule has 1 aliphatic rings. The van der Waals surface area contributed by atoms with Crippen molar-refractivity contribution in [3.63, 3.8) is 0 Å². The van der Waals surface area contributed by atoms with Gasteiger partial charge in [0.25, 0.3) is 0 Å². The van der Waals surface area contributed by atoms with Gasteiger partial charge in [-0.05, 0) is 50.4 Å². The van der Waals surface area contributed by atoms with Crippen LogP contribution in [0.15, 0.2) is 100 Å². The average Bonchev–Trinajstić information content (AvgIpc) is 2.55. The van der Waals surface area contributed by atoms with Gasteiger partial charge in [0.2, 0.25) is 0 Å². The first kappa shape index (κ1) is 16.9. The van der Waals surface area contributed by atoms with Gasteiger partial charge in [-0.3, -0.25) is 0 Å². The normalized spacial score (nSPS) is 23.3. The van der Waals surface area contributed by atoms with Crippen LogP contribution in [0, 0.1) is 0 Å². The third-order valence-electron chi connectivity index (χ3n) is 4.44. The molecule has 1 heteroatoms. The van der Waals surface area contributed by atoms with Crippen molar-refractivity contribution in [1.82, 2.24) is 0 Å². The van der Waals surface area contributed by atoms with Crippen LogP contribution in [0.1, 0.15) is 26.3 Å². The van der Waals surface area contributed by atoms with Crippen molar-refractivity contribution in [2.24, 2.45) is 0 Å². The van der Waals surface area contributed by atoms with Crippen LogP contribution >= 0.6 is 10.0 Å². The molecule has 124 valence electrons. The molecule has 1 aliphatic heterocycles. The van der Waals surface area contributed by atoms with E-state index in [1.807, 2.05) is 0 Å². The van der Waals surface area contributed by atoms with Gasteiger partial charge in [-0.2, -0.15) is 10.0 Å². The Morgan fingerprint density at radius 3 is 2.00 bits per heavy atom. The molecule has 1 unspecified atom stereocenters.